The van der Waals surface area contributed by atoms with Crippen LogP contribution in [0.15, 0.2) is 22.7 Å². The molecule has 1 nitrogen and oxygen atoms in total. The first kappa shape index (κ1) is 11.6. The van der Waals surface area contributed by atoms with Gasteiger partial charge in [-0.05, 0) is 38.0 Å². The fourth-order valence-corrected chi connectivity index (χ4v) is 1.90. The molecule has 0 saturated carbocycles. The summed E-state index contributed by atoms with van der Waals surface area (Å²) in [5, 5.41) is 3.52. The van der Waals surface area contributed by atoms with Gasteiger partial charge in [-0.15, -0.1) is 0 Å². The molecule has 0 saturated heterocycles. The highest BCUT2D eigenvalue weighted by Crippen LogP contribution is 2.24. The van der Waals surface area contributed by atoms with Crippen molar-refractivity contribution in [2.45, 2.75) is 39.7 Å². The van der Waals surface area contributed by atoms with Gasteiger partial charge in [0.2, 0.25) is 0 Å². The fourth-order valence-electron chi connectivity index (χ4n) is 1.53. The molecule has 1 aromatic carbocycles. The maximum absolute atomic E-state index is 3.53. The van der Waals surface area contributed by atoms with Crippen LogP contribution >= 0.6 is 15.9 Å². The highest BCUT2D eigenvalue weighted by atomic mass is 79.9. The Hall–Kier alpha value is -0.500. The quantitative estimate of drug-likeness (QED) is 0.844. The minimum absolute atomic E-state index is 0.549. The monoisotopic (exact) mass is 255 g/mol. The Morgan fingerprint density at radius 3 is 2.79 bits per heavy atom. The van der Waals surface area contributed by atoms with Gasteiger partial charge in [0.05, 0.1) is 0 Å². The Morgan fingerprint density at radius 2 is 2.14 bits per heavy atom. The van der Waals surface area contributed by atoms with Crippen molar-refractivity contribution in [3.8, 4) is 0 Å². The number of rotatable bonds is 4. The standard InChI is InChI=1S/C12H18BrN/c1-4-6-9(2)14-12-8-5-7-11(13)10(12)3/h5,7-9,14H,4,6H2,1-3H3. The Balaban J connectivity index is 2.71. The SMILES string of the molecule is CCCC(C)Nc1cccc(Br)c1C. The van der Waals surface area contributed by atoms with E-state index in [-0.39, 0.29) is 0 Å². The molecule has 0 radical (unpaired) electrons. The van der Waals surface area contributed by atoms with Crippen LogP contribution in [0.4, 0.5) is 5.69 Å². The van der Waals surface area contributed by atoms with Crippen LogP contribution in [0.2, 0.25) is 0 Å². The van der Waals surface area contributed by atoms with Crippen LogP contribution in [-0.4, -0.2) is 6.04 Å². The van der Waals surface area contributed by atoms with E-state index in [0.717, 1.165) is 0 Å². The lowest BCUT2D eigenvalue weighted by Crippen LogP contribution is -2.15. The van der Waals surface area contributed by atoms with E-state index in [1.54, 1.807) is 0 Å². The van der Waals surface area contributed by atoms with E-state index in [9.17, 15) is 0 Å². The van der Waals surface area contributed by atoms with Crippen LogP contribution < -0.4 is 5.32 Å². The first-order chi connectivity index (χ1) is 6.65. The van der Waals surface area contributed by atoms with Gasteiger partial charge in [0, 0.05) is 16.2 Å². The van der Waals surface area contributed by atoms with Crippen molar-refractivity contribution in [1.82, 2.24) is 0 Å². The average Bonchev–Trinajstić information content (AvgIpc) is 2.13. The highest BCUT2D eigenvalue weighted by Gasteiger charge is 2.04. The molecule has 14 heavy (non-hydrogen) atoms. The molecule has 0 aliphatic carbocycles. The number of benzene rings is 1. The normalized spacial score (nSPS) is 12.6. The van der Waals surface area contributed by atoms with Crippen molar-refractivity contribution in [3.63, 3.8) is 0 Å². The lowest BCUT2D eigenvalue weighted by atomic mass is 10.1. The molecular weight excluding hydrogens is 238 g/mol. The van der Waals surface area contributed by atoms with Crippen molar-refractivity contribution in [2.24, 2.45) is 0 Å². The van der Waals surface area contributed by atoms with Gasteiger partial charge in [0.1, 0.15) is 0 Å². The third-order valence-corrected chi connectivity index (χ3v) is 3.25. The van der Waals surface area contributed by atoms with E-state index in [0.29, 0.717) is 6.04 Å². The van der Waals surface area contributed by atoms with Crippen molar-refractivity contribution >= 4 is 21.6 Å². The van der Waals surface area contributed by atoms with E-state index in [2.05, 4.69) is 60.2 Å². The van der Waals surface area contributed by atoms with Crippen LogP contribution in [0.3, 0.4) is 0 Å². The predicted octanol–water partition coefficient (Wildman–Crippen LogP) is 4.36. The number of anilines is 1. The van der Waals surface area contributed by atoms with Gasteiger partial charge in [-0.25, -0.2) is 0 Å². The van der Waals surface area contributed by atoms with E-state index in [1.165, 1.54) is 28.6 Å². The Labute approximate surface area is 95.0 Å². The maximum atomic E-state index is 3.53. The molecule has 0 aromatic heterocycles. The highest BCUT2D eigenvalue weighted by molar-refractivity contribution is 9.10. The molecule has 0 amide bonds. The molecule has 2 heteroatoms. The van der Waals surface area contributed by atoms with E-state index in [4.69, 9.17) is 0 Å². The summed E-state index contributed by atoms with van der Waals surface area (Å²) in [7, 11) is 0. The lowest BCUT2D eigenvalue weighted by Gasteiger charge is -2.16. The molecule has 1 aromatic rings. The minimum Gasteiger partial charge on any atom is -0.382 e. The van der Waals surface area contributed by atoms with Gasteiger partial charge in [0.15, 0.2) is 0 Å². The molecule has 1 atom stereocenters. The molecule has 0 heterocycles. The third kappa shape index (κ3) is 3.02. The molecule has 0 fully saturated rings. The summed E-state index contributed by atoms with van der Waals surface area (Å²) < 4.78 is 1.17. The van der Waals surface area contributed by atoms with Gasteiger partial charge in [0.25, 0.3) is 0 Å². The van der Waals surface area contributed by atoms with Crippen LogP contribution in [0.5, 0.6) is 0 Å². The molecule has 1 N–H and O–H groups in total. The van der Waals surface area contributed by atoms with Gasteiger partial charge < -0.3 is 5.32 Å². The molecule has 0 bridgehead atoms. The van der Waals surface area contributed by atoms with Crippen molar-refractivity contribution in [1.29, 1.82) is 0 Å². The van der Waals surface area contributed by atoms with Gasteiger partial charge in [-0.2, -0.15) is 0 Å². The van der Waals surface area contributed by atoms with Crippen molar-refractivity contribution in [2.75, 3.05) is 5.32 Å². The largest absolute Gasteiger partial charge is 0.382 e. The van der Waals surface area contributed by atoms with E-state index >= 15 is 0 Å². The van der Waals surface area contributed by atoms with Crippen LogP contribution in [0.25, 0.3) is 0 Å². The summed E-state index contributed by atoms with van der Waals surface area (Å²) in [6.45, 7) is 6.57. The van der Waals surface area contributed by atoms with Gasteiger partial charge in [-0.1, -0.05) is 35.3 Å². The van der Waals surface area contributed by atoms with Crippen molar-refractivity contribution in [3.05, 3.63) is 28.2 Å². The minimum atomic E-state index is 0.549. The van der Waals surface area contributed by atoms with Crippen molar-refractivity contribution < 1.29 is 0 Å². The molecule has 0 spiro atoms. The predicted molar refractivity (Wildman–Crippen MR) is 66.9 cm³/mol. The zero-order valence-electron chi connectivity index (χ0n) is 9.10. The fraction of sp³-hybridized carbons (Fsp3) is 0.500. The second-order valence-electron chi connectivity index (χ2n) is 3.75. The summed E-state index contributed by atoms with van der Waals surface area (Å²) >= 11 is 3.53. The second-order valence-corrected chi connectivity index (χ2v) is 4.60. The van der Waals surface area contributed by atoms with Crippen LogP contribution in [0.1, 0.15) is 32.3 Å². The zero-order chi connectivity index (χ0) is 10.6. The summed E-state index contributed by atoms with van der Waals surface area (Å²) in [5.41, 5.74) is 2.52. The molecule has 1 unspecified atom stereocenters. The summed E-state index contributed by atoms with van der Waals surface area (Å²) in [6, 6.07) is 6.82. The van der Waals surface area contributed by atoms with Crippen LogP contribution in [-0.2, 0) is 0 Å². The number of nitrogens with one attached hydrogen (secondary N) is 1. The number of halogens is 1. The van der Waals surface area contributed by atoms with Crippen LogP contribution in [0, 0.1) is 6.92 Å². The number of hydrogen-bond donors (Lipinski definition) is 1. The Bertz CT molecular complexity index is 296. The van der Waals surface area contributed by atoms with E-state index < -0.39 is 0 Å². The van der Waals surface area contributed by atoms with E-state index in [1.807, 2.05) is 0 Å². The lowest BCUT2D eigenvalue weighted by molar-refractivity contribution is 0.690. The maximum Gasteiger partial charge on any atom is 0.0383 e. The smallest absolute Gasteiger partial charge is 0.0383 e. The molecular formula is C12H18BrN. The Morgan fingerprint density at radius 1 is 1.43 bits per heavy atom. The summed E-state index contributed by atoms with van der Waals surface area (Å²) in [6.07, 6.45) is 2.44. The Kier molecular flexibility index (Phi) is 4.46. The molecule has 0 aliphatic rings. The first-order valence-corrected chi connectivity index (χ1v) is 5.96. The molecule has 1 rings (SSSR count). The zero-order valence-corrected chi connectivity index (χ0v) is 10.7. The summed E-state index contributed by atoms with van der Waals surface area (Å²) in [4.78, 5) is 0. The third-order valence-electron chi connectivity index (χ3n) is 2.39. The average molecular weight is 256 g/mol. The summed E-state index contributed by atoms with van der Waals surface area (Å²) in [5.74, 6) is 0. The van der Waals surface area contributed by atoms with Gasteiger partial charge >= 0.3 is 0 Å². The first-order valence-electron chi connectivity index (χ1n) is 5.16. The second kappa shape index (κ2) is 5.40. The molecule has 0 aliphatic heterocycles. The topological polar surface area (TPSA) is 12.0 Å². The number of hydrogen-bond acceptors (Lipinski definition) is 1. The van der Waals surface area contributed by atoms with Gasteiger partial charge in [-0.3, -0.25) is 0 Å². The molecule has 78 valence electrons.